The van der Waals surface area contributed by atoms with Crippen LogP contribution in [0.3, 0.4) is 0 Å². The van der Waals surface area contributed by atoms with Crippen LogP contribution >= 0.6 is 11.6 Å². The minimum atomic E-state index is -1.17. The molecule has 0 aliphatic heterocycles. The van der Waals surface area contributed by atoms with Gasteiger partial charge in [-0.3, -0.25) is 0 Å². The Labute approximate surface area is 165 Å². The van der Waals surface area contributed by atoms with Gasteiger partial charge in [0.05, 0.1) is 10.6 Å². The van der Waals surface area contributed by atoms with Gasteiger partial charge in [0, 0.05) is 5.56 Å². The van der Waals surface area contributed by atoms with E-state index in [1.165, 1.54) is 6.07 Å². The van der Waals surface area contributed by atoms with E-state index in [1.54, 1.807) is 18.2 Å². The summed E-state index contributed by atoms with van der Waals surface area (Å²) in [6, 6.07) is 21.5. The molecule has 6 heteroatoms. The molecule has 0 aliphatic rings. The van der Waals surface area contributed by atoms with Crippen molar-refractivity contribution >= 4 is 17.6 Å². The molecule has 138 valence electrons. The molecule has 0 saturated heterocycles. The molecule has 0 amide bonds. The molecule has 0 saturated carbocycles. The quantitative estimate of drug-likeness (QED) is 0.464. The largest absolute Gasteiger partial charge is 0.506 e. The van der Waals surface area contributed by atoms with Crippen molar-refractivity contribution in [2.75, 3.05) is 0 Å². The zero-order valence-electron chi connectivity index (χ0n) is 14.5. The van der Waals surface area contributed by atoms with E-state index in [-0.39, 0.29) is 16.5 Å². The standard InChI is InChI=1S/C22H14ClNO4/c23-17-12-15(9-10-18(17)25)14-7-4-8-16(11-14)19-20(22(26)27)24-28-21(19)13-5-2-1-3-6-13/h1-12,25H,(H,26,27). The van der Waals surface area contributed by atoms with E-state index in [4.69, 9.17) is 16.1 Å². The fraction of sp³-hybridized carbons (Fsp3) is 0. The van der Waals surface area contributed by atoms with Crippen molar-refractivity contribution in [3.05, 3.63) is 83.5 Å². The average Bonchev–Trinajstić information content (AvgIpc) is 3.16. The second-order valence-electron chi connectivity index (χ2n) is 6.15. The smallest absolute Gasteiger partial charge is 0.358 e. The highest BCUT2D eigenvalue weighted by Gasteiger charge is 2.24. The summed E-state index contributed by atoms with van der Waals surface area (Å²) in [6.45, 7) is 0. The topological polar surface area (TPSA) is 83.6 Å². The molecule has 0 atom stereocenters. The van der Waals surface area contributed by atoms with Crippen molar-refractivity contribution in [3.63, 3.8) is 0 Å². The Balaban J connectivity index is 1.89. The molecule has 0 radical (unpaired) electrons. The van der Waals surface area contributed by atoms with Crippen LogP contribution in [0.2, 0.25) is 5.02 Å². The molecular weight excluding hydrogens is 378 g/mol. The van der Waals surface area contributed by atoms with Crippen molar-refractivity contribution in [2.24, 2.45) is 0 Å². The number of hydrogen-bond donors (Lipinski definition) is 2. The van der Waals surface area contributed by atoms with Crippen LogP contribution in [-0.4, -0.2) is 21.3 Å². The van der Waals surface area contributed by atoms with Gasteiger partial charge in [-0.1, -0.05) is 71.4 Å². The molecule has 5 nitrogen and oxygen atoms in total. The van der Waals surface area contributed by atoms with E-state index < -0.39 is 5.97 Å². The number of aromatic carboxylic acids is 1. The van der Waals surface area contributed by atoms with Crippen LogP contribution in [0.15, 0.2) is 77.3 Å². The number of halogens is 1. The second-order valence-corrected chi connectivity index (χ2v) is 6.56. The Hall–Kier alpha value is -3.57. The van der Waals surface area contributed by atoms with Crippen molar-refractivity contribution in [1.82, 2.24) is 5.16 Å². The lowest BCUT2D eigenvalue weighted by Crippen LogP contribution is -1.99. The molecule has 1 heterocycles. The third-order valence-corrected chi connectivity index (χ3v) is 4.67. The predicted molar refractivity (Wildman–Crippen MR) is 106 cm³/mol. The summed E-state index contributed by atoms with van der Waals surface area (Å²) < 4.78 is 5.39. The van der Waals surface area contributed by atoms with E-state index in [2.05, 4.69) is 5.16 Å². The average molecular weight is 392 g/mol. The highest BCUT2D eigenvalue weighted by atomic mass is 35.5. The molecular formula is C22H14ClNO4. The van der Waals surface area contributed by atoms with E-state index in [1.807, 2.05) is 48.5 Å². The van der Waals surface area contributed by atoms with Crippen LogP contribution in [0.25, 0.3) is 33.6 Å². The maximum absolute atomic E-state index is 11.7. The van der Waals surface area contributed by atoms with Gasteiger partial charge in [0.25, 0.3) is 0 Å². The number of aromatic hydroxyl groups is 1. The fourth-order valence-electron chi connectivity index (χ4n) is 3.03. The van der Waals surface area contributed by atoms with E-state index >= 15 is 0 Å². The van der Waals surface area contributed by atoms with Crippen molar-refractivity contribution in [3.8, 4) is 39.3 Å². The summed E-state index contributed by atoms with van der Waals surface area (Å²) in [5.41, 5.74) is 3.25. The van der Waals surface area contributed by atoms with E-state index in [0.29, 0.717) is 16.9 Å². The summed E-state index contributed by atoms with van der Waals surface area (Å²) >= 11 is 6.02. The van der Waals surface area contributed by atoms with Crippen molar-refractivity contribution in [1.29, 1.82) is 0 Å². The predicted octanol–water partition coefficient (Wildman–Crippen LogP) is 5.73. The van der Waals surface area contributed by atoms with Crippen LogP contribution in [0.4, 0.5) is 0 Å². The van der Waals surface area contributed by atoms with Gasteiger partial charge in [-0.05, 0) is 34.9 Å². The van der Waals surface area contributed by atoms with Crippen LogP contribution in [0.1, 0.15) is 10.5 Å². The first-order valence-electron chi connectivity index (χ1n) is 8.42. The molecule has 4 rings (SSSR count). The molecule has 0 fully saturated rings. The zero-order valence-corrected chi connectivity index (χ0v) is 15.2. The molecule has 0 spiro atoms. The lowest BCUT2D eigenvalue weighted by molar-refractivity contribution is 0.0686. The van der Waals surface area contributed by atoms with Gasteiger partial charge < -0.3 is 14.7 Å². The Morgan fingerprint density at radius 2 is 1.54 bits per heavy atom. The number of carboxylic acids is 1. The van der Waals surface area contributed by atoms with Crippen LogP contribution in [0, 0.1) is 0 Å². The second kappa shape index (κ2) is 7.21. The molecule has 0 bridgehead atoms. The van der Waals surface area contributed by atoms with Gasteiger partial charge in [-0.25, -0.2) is 4.79 Å². The van der Waals surface area contributed by atoms with E-state index in [0.717, 1.165) is 16.7 Å². The zero-order chi connectivity index (χ0) is 19.7. The lowest BCUT2D eigenvalue weighted by atomic mass is 9.96. The maximum Gasteiger partial charge on any atom is 0.358 e. The summed E-state index contributed by atoms with van der Waals surface area (Å²) in [5.74, 6) is -0.780. The first-order valence-corrected chi connectivity index (χ1v) is 8.80. The number of hydrogen-bond acceptors (Lipinski definition) is 4. The minimum absolute atomic E-state index is 0.000123. The maximum atomic E-state index is 11.7. The monoisotopic (exact) mass is 391 g/mol. The third-order valence-electron chi connectivity index (χ3n) is 4.36. The Morgan fingerprint density at radius 3 is 2.25 bits per heavy atom. The summed E-state index contributed by atoms with van der Waals surface area (Å²) in [6.07, 6.45) is 0. The highest BCUT2D eigenvalue weighted by Crippen LogP contribution is 2.37. The van der Waals surface area contributed by atoms with Gasteiger partial charge in [0.1, 0.15) is 5.75 Å². The normalized spacial score (nSPS) is 10.8. The Bertz CT molecular complexity index is 1170. The van der Waals surface area contributed by atoms with Crippen molar-refractivity contribution in [2.45, 2.75) is 0 Å². The summed E-state index contributed by atoms with van der Waals surface area (Å²) in [4.78, 5) is 11.7. The number of nitrogens with zero attached hydrogens (tertiary/aromatic N) is 1. The molecule has 0 unspecified atom stereocenters. The molecule has 28 heavy (non-hydrogen) atoms. The SMILES string of the molecule is O=C(O)c1noc(-c2ccccc2)c1-c1cccc(-c2ccc(O)c(Cl)c2)c1. The first kappa shape index (κ1) is 17.8. The number of rotatable bonds is 4. The summed E-state index contributed by atoms with van der Waals surface area (Å²) in [5, 5.41) is 23.2. The summed E-state index contributed by atoms with van der Waals surface area (Å²) in [7, 11) is 0. The lowest BCUT2D eigenvalue weighted by Gasteiger charge is -2.08. The molecule has 4 aromatic rings. The molecule has 3 aromatic carbocycles. The van der Waals surface area contributed by atoms with Crippen LogP contribution in [0.5, 0.6) is 5.75 Å². The Morgan fingerprint density at radius 1 is 0.857 bits per heavy atom. The molecule has 2 N–H and O–H groups in total. The fourth-order valence-corrected chi connectivity index (χ4v) is 3.21. The minimum Gasteiger partial charge on any atom is -0.506 e. The van der Waals surface area contributed by atoms with Gasteiger partial charge in [-0.15, -0.1) is 0 Å². The molecule has 1 aromatic heterocycles. The number of carboxylic acid groups (broad SMARTS) is 1. The number of phenolic OH excluding ortho intramolecular Hbond substituents is 1. The van der Waals surface area contributed by atoms with Gasteiger partial charge in [0.2, 0.25) is 0 Å². The Kier molecular flexibility index (Phi) is 4.59. The van der Waals surface area contributed by atoms with Gasteiger partial charge in [-0.2, -0.15) is 0 Å². The van der Waals surface area contributed by atoms with Crippen LogP contribution < -0.4 is 0 Å². The number of phenols is 1. The highest BCUT2D eigenvalue weighted by molar-refractivity contribution is 6.32. The number of benzene rings is 3. The number of aromatic nitrogens is 1. The van der Waals surface area contributed by atoms with Crippen molar-refractivity contribution < 1.29 is 19.5 Å². The van der Waals surface area contributed by atoms with Gasteiger partial charge >= 0.3 is 5.97 Å². The molecule has 0 aliphatic carbocycles. The first-order chi connectivity index (χ1) is 13.5. The van der Waals surface area contributed by atoms with Gasteiger partial charge in [0.15, 0.2) is 11.5 Å². The van der Waals surface area contributed by atoms with E-state index in [9.17, 15) is 15.0 Å². The third kappa shape index (κ3) is 3.23. The number of carbonyl (C=O) groups is 1. The van der Waals surface area contributed by atoms with Crippen LogP contribution in [-0.2, 0) is 0 Å².